The minimum Gasteiger partial charge on any atom is -0.377 e. The van der Waals surface area contributed by atoms with Gasteiger partial charge in [-0.05, 0) is 6.07 Å². The van der Waals surface area contributed by atoms with Crippen molar-refractivity contribution in [3.05, 3.63) is 28.8 Å². The van der Waals surface area contributed by atoms with E-state index in [2.05, 4.69) is 5.32 Å². The van der Waals surface area contributed by atoms with Gasteiger partial charge in [0.05, 0.1) is 30.0 Å². The van der Waals surface area contributed by atoms with Crippen molar-refractivity contribution in [2.45, 2.75) is 6.04 Å². The van der Waals surface area contributed by atoms with Crippen molar-refractivity contribution in [1.82, 2.24) is 0 Å². The molecule has 76 valence electrons. The summed E-state index contributed by atoms with van der Waals surface area (Å²) in [5.41, 5.74) is 0.140. The third kappa shape index (κ3) is 1.81. The summed E-state index contributed by atoms with van der Waals surface area (Å²) in [7, 11) is 0. The fraction of sp³-hybridized carbons (Fsp3) is 0.333. The number of halogens is 3. The quantitative estimate of drug-likeness (QED) is 0.825. The van der Waals surface area contributed by atoms with E-state index in [1.807, 2.05) is 0 Å². The topological polar surface area (TPSA) is 21.3 Å². The number of anilines is 1. The molecule has 0 bridgehead atoms. The Kier molecular flexibility index (Phi) is 2.56. The van der Waals surface area contributed by atoms with Gasteiger partial charge in [-0.25, -0.2) is 8.78 Å². The maximum absolute atomic E-state index is 13.2. The number of nitrogens with one attached hydrogen (secondary N) is 1. The zero-order valence-electron chi connectivity index (χ0n) is 7.19. The van der Waals surface area contributed by atoms with E-state index in [-0.39, 0.29) is 16.8 Å². The van der Waals surface area contributed by atoms with Crippen LogP contribution in [0.3, 0.4) is 0 Å². The molecule has 1 aliphatic rings. The van der Waals surface area contributed by atoms with Crippen LogP contribution in [0, 0.1) is 11.6 Å². The molecule has 0 aromatic heterocycles. The van der Waals surface area contributed by atoms with Crippen LogP contribution in [-0.2, 0) is 4.74 Å². The average Bonchev–Trinajstić information content (AvgIpc) is 1.98. The lowest BCUT2D eigenvalue weighted by atomic mass is 10.2. The Labute approximate surface area is 84.8 Å². The summed E-state index contributed by atoms with van der Waals surface area (Å²) in [6, 6.07) is 1.94. The van der Waals surface area contributed by atoms with Crippen LogP contribution in [0.15, 0.2) is 12.1 Å². The van der Waals surface area contributed by atoms with E-state index >= 15 is 0 Å². The van der Waals surface area contributed by atoms with Crippen molar-refractivity contribution < 1.29 is 13.5 Å². The number of hydrogen-bond donors (Lipinski definition) is 1. The molecule has 1 aromatic rings. The predicted molar refractivity (Wildman–Crippen MR) is 49.6 cm³/mol. The fourth-order valence-electron chi connectivity index (χ4n) is 1.20. The zero-order valence-corrected chi connectivity index (χ0v) is 7.94. The molecule has 0 spiro atoms. The van der Waals surface area contributed by atoms with Crippen molar-refractivity contribution >= 4 is 17.3 Å². The molecule has 5 heteroatoms. The van der Waals surface area contributed by atoms with Crippen LogP contribution in [0.4, 0.5) is 14.5 Å². The Bertz CT molecular complexity index is 332. The van der Waals surface area contributed by atoms with E-state index in [0.29, 0.717) is 13.2 Å². The number of hydrogen-bond acceptors (Lipinski definition) is 2. The summed E-state index contributed by atoms with van der Waals surface area (Å²) in [4.78, 5) is 0. The molecule has 1 aliphatic heterocycles. The van der Waals surface area contributed by atoms with Crippen LogP contribution in [0.1, 0.15) is 0 Å². The van der Waals surface area contributed by atoms with Gasteiger partial charge in [-0.15, -0.1) is 0 Å². The van der Waals surface area contributed by atoms with Gasteiger partial charge in [0.1, 0.15) is 5.82 Å². The molecule has 0 atom stereocenters. The highest BCUT2D eigenvalue weighted by Crippen LogP contribution is 2.27. The van der Waals surface area contributed by atoms with Crippen LogP contribution >= 0.6 is 11.6 Å². The summed E-state index contributed by atoms with van der Waals surface area (Å²) in [6.45, 7) is 1.04. The molecule has 2 nitrogen and oxygen atoms in total. The highest BCUT2D eigenvalue weighted by atomic mass is 35.5. The third-order valence-corrected chi connectivity index (χ3v) is 2.29. The summed E-state index contributed by atoms with van der Waals surface area (Å²) in [6.07, 6.45) is 0. The second kappa shape index (κ2) is 3.71. The van der Waals surface area contributed by atoms with Gasteiger partial charge in [0.25, 0.3) is 0 Å². The Hall–Kier alpha value is -0.870. The van der Waals surface area contributed by atoms with Crippen LogP contribution in [0.25, 0.3) is 0 Å². The van der Waals surface area contributed by atoms with Crippen molar-refractivity contribution in [1.29, 1.82) is 0 Å². The first-order valence-corrected chi connectivity index (χ1v) is 4.53. The Morgan fingerprint density at radius 1 is 1.36 bits per heavy atom. The molecule has 0 unspecified atom stereocenters. The highest BCUT2D eigenvalue weighted by molar-refractivity contribution is 6.33. The molecule has 0 aliphatic carbocycles. The third-order valence-electron chi connectivity index (χ3n) is 1.99. The van der Waals surface area contributed by atoms with Gasteiger partial charge in [0, 0.05) is 6.07 Å². The number of ether oxygens (including phenoxy) is 1. The lowest BCUT2D eigenvalue weighted by molar-refractivity contribution is 0.0210. The van der Waals surface area contributed by atoms with Crippen molar-refractivity contribution in [3.8, 4) is 0 Å². The SMILES string of the molecule is Fc1cc(F)c(NC2COC2)c(Cl)c1. The summed E-state index contributed by atoms with van der Waals surface area (Å²) in [5, 5.41) is 2.89. The summed E-state index contributed by atoms with van der Waals surface area (Å²) in [5.74, 6) is -1.36. The van der Waals surface area contributed by atoms with Crippen LogP contribution in [0.5, 0.6) is 0 Å². The number of benzene rings is 1. The van der Waals surface area contributed by atoms with Crippen molar-refractivity contribution in [2.24, 2.45) is 0 Å². The Morgan fingerprint density at radius 2 is 2.07 bits per heavy atom. The summed E-state index contributed by atoms with van der Waals surface area (Å²) < 4.78 is 30.8. The molecule has 1 saturated heterocycles. The van der Waals surface area contributed by atoms with Crippen LogP contribution in [-0.4, -0.2) is 19.3 Å². The predicted octanol–water partition coefficient (Wildman–Crippen LogP) is 2.43. The lowest BCUT2D eigenvalue weighted by Gasteiger charge is -2.28. The molecule has 1 heterocycles. The van der Waals surface area contributed by atoms with Gasteiger partial charge < -0.3 is 10.1 Å². The van der Waals surface area contributed by atoms with Gasteiger partial charge in [-0.2, -0.15) is 0 Å². The molecule has 0 saturated carbocycles. The maximum Gasteiger partial charge on any atom is 0.150 e. The molecule has 1 aromatic carbocycles. The highest BCUT2D eigenvalue weighted by Gasteiger charge is 2.21. The van der Waals surface area contributed by atoms with Gasteiger partial charge in [0.2, 0.25) is 0 Å². The molecule has 14 heavy (non-hydrogen) atoms. The van der Waals surface area contributed by atoms with Crippen LogP contribution in [0.2, 0.25) is 5.02 Å². The Balaban J connectivity index is 2.22. The summed E-state index contributed by atoms with van der Waals surface area (Å²) >= 11 is 5.68. The largest absolute Gasteiger partial charge is 0.377 e. The Morgan fingerprint density at radius 3 is 2.57 bits per heavy atom. The minimum absolute atomic E-state index is 0.0504. The van der Waals surface area contributed by atoms with E-state index < -0.39 is 11.6 Å². The lowest BCUT2D eigenvalue weighted by Crippen LogP contribution is -2.40. The van der Waals surface area contributed by atoms with E-state index in [9.17, 15) is 8.78 Å². The number of rotatable bonds is 2. The standard InChI is InChI=1S/C9H8ClF2NO/c10-7-1-5(11)2-8(12)9(7)13-6-3-14-4-6/h1-2,6,13H,3-4H2. The fourth-order valence-corrected chi connectivity index (χ4v) is 1.45. The van der Waals surface area contributed by atoms with E-state index in [1.165, 1.54) is 0 Å². The molecular formula is C9H8ClF2NO. The minimum atomic E-state index is -0.679. The molecule has 1 N–H and O–H groups in total. The zero-order chi connectivity index (χ0) is 10.1. The van der Waals surface area contributed by atoms with Crippen LogP contribution < -0.4 is 5.32 Å². The van der Waals surface area contributed by atoms with Crippen molar-refractivity contribution in [2.75, 3.05) is 18.5 Å². The van der Waals surface area contributed by atoms with Gasteiger partial charge in [0.15, 0.2) is 5.82 Å². The molecule has 0 radical (unpaired) electrons. The first kappa shape index (κ1) is 9.68. The van der Waals surface area contributed by atoms with Gasteiger partial charge >= 0.3 is 0 Å². The van der Waals surface area contributed by atoms with E-state index in [4.69, 9.17) is 16.3 Å². The second-order valence-electron chi connectivity index (χ2n) is 3.12. The van der Waals surface area contributed by atoms with E-state index in [0.717, 1.165) is 12.1 Å². The molecule has 0 amide bonds. The maximum atomic E-state index is 13.2. The molecule has 2 rings (SSSR count). The molecule has 1 fully saturated rings. The smallest absolute Gasteiger partial charge is 0.150 e. The first-order chi connectivity index (χ1) is 6.66. The average molecular weight is 220 g/mol. The second-order valence-corrected chi connectivity index (χ2v) is 3.53. The van der Waals surface area contributed by atoms with Crippen molar-refractivity contribution in [3.63, 3.8) is 0 Å². The van der Waals surface area contributed by atoms with Gasteiger partial charge in [-0.1, -0.05) is 11.6 Å². The van der Waals surface area contributed by atoms with Gasteiger partial charge in [-0.3, -0.25) is 0 Å². The van der Waals surface area contributed by atoms with E-state index in [1.54, 1.807) is 0 Å². The monoisotopic (exact) mass is 219 g/mol. The first-order valence-electron chi connectivity index (χ1n) is 4.15. The normalized spacial score (nSPS) is 16.5. The molecular weight excluding hydrogens is 212 g/mol.